The number of carbonyl (C=O) groups excluding carboxylic acids is 2. The summed E-state index contributed by atoms with van der Waals surface area (Å²) >= 11 is 0.848. The Hall–Kier alpha value is -2.99. The SMILES string of the molecule is CCCn1c(C)cc(/C=C(\C#N)C(=O)Nc2snnc2C(=O)OCC)c1C. The fourth-order valence-corrected chi connectivity index (χ4v) is 3.17. The minimum Gasteiger partial charge on any atom is -0.461 e. The van der Waals surface area contributed by atoms with E-state index in [-0.39, 0.29) is 22.9 Å². The molecule has 2 aromatic heterocycles. The van der Waals surface area contributed by atoms with Crippen LogP contribution in [0.2, 0.25) is 0 Å². The van der Waals surface area contributed by atoms with E-state index in [0.29, 0.717) is 0 Å². The van der Waals surface area contributed by atoms with Crippen molar-refractivity contribution in [2.45, 2.75) is 40.7 Å². The van der Waals surface area contributed by atoms with Crippen molar-refractivity contribution in [3.05, 3.63) is 34.3 Å². The van der Waals surface area contributed by atoms with Gasteiger partial charge in [0.1, 0.15) is 11.6 Å². The van der Waals surface area contributed by atoms with E-state index in [1.165, 1.54) is 0 Å². The number of nitrogens with one attached hydrogen (secondary N) is 1. The van der Waals surface area contributed by atoms with Gasteiger partial charge in [-0.1, -0.05) is 11.4 Å². The summed E-state index contributed by atoms with van der Waals surface area (Å²) in [5.74, 6) is -1.30. The lowest BCUT2D eigenvalue weighted by atomic mass is 10.1. The smallest absolute Gasteiger partial charge is 0.362 e. The van der Waals surface area contributed by atoms with Crippen molar-refractivity contribution in [2.75, 3.05) is 11.9 Å². The van der Waals surface area contributed by atoms with Gasteiger partial charge >= 0.3 is 5.97 Å². The number of hydrogen-bond acceptors (Lipinski definition) is 7. The lowest BCUT2D eigenvalue weighted by molar-refractivity contribution is -0.112. The minimum absolute atomic E-state index is 0.0741. The maximum atomic E-state index is 12.5. The molecule has 0 aliphatic heterocycles. The molecule has 9 heteroatoms. The molecule has 2 rings (SSSR count). The average Bonchev–Trinajstić information content (AvgIpc) is 3.19. The Kier molecular flexibility index (Phi) is 6.85. The van der Waals surface area contributed by atoms with E-state index in [1.807, 2.05) is 26.0 Å². The molecule has 2 aromatic rings. The zero-order chi connectivity index (χ0) is 20.0. The molecule has 0 unspecified atom stereocenters. The normalized spacial score (nSPS) is 11.1. The number of esters is 1. The van der Waals surface area contributed by atoms with Gasteiger partial charge in [0.05, 0.1) is 6.61 Å². The summed E-state index contributed by atoms with van der Waals surface area (Å²) in [6.45, 7) is 8.75. The van der Waals surface area contributed by atoms with Crippen LogP contribution in [0.4, 0.5) is 5.00 Å². The predicted octanol–water partition coefficient (Wildman–Crippen LogP) is 3.09. The number of nitrogens with zero attached hydrogens (tertiary/aromatic N) is 4. The van der Waals surface area contributed by atoms with Crippen LogP contribution in [-0.4, -0.2) is 32.6 Å². The third-order valence-electron chi connectivity index (χ3n) is 3.91. The highest BCUT2D eigenvalue weighted by Crippen LogP contribution is 2.22. The largest absolute Gasteiger partial charge is 0.461 e. The van der Waals surface area contributed by atoms with Crippen LogP contribution in [0.5, 0.6) is 0 Å². The van der Waals surface area contributed by atoms with Gasteiger partial charge in [0.2, 0.25) is 5.69 Å². The molecule has 0 atom stereocenters. The lowest BCUT2D eigenvalue weighted by Gasteiger charge is -2.07. The molecule has 0 saturated heterocycles. The van der Waals surface area contributed by atoms with Crippen LogP contribution in [-0.2, 0) is 16.1 Å². The molecule has 1 amide bonds. The zero-order valence-corrected chi connectivity index (χ0v) is 16.5. The second-order valence-electron chi connectivity index (χ2n) is 5.77. The number of aromatic nitrogens is 3. The van der Waals surface area contributed by atoms with Gasteiger partial charge in [0.25, 0.3) is 5.91 Å². The number of aryl methyl sites for hydroxylation is 1. The molecule has 8 nitrogen and oxygen atoms in total. The van der Waals surface area contributed by atoms with Crippen molar-refractivity contribution in [2.24, 2.45) is 0 Å². The van der Waals surface area contributed by atoms with Crippen molar-refractivity contribution in [1.29, 1.82) is 5.26 Å². The third-order valence-corrected chi connectivity index (χ3v) is 4.55. The maximum absolute atomic E-state index is 12.5. The van der Waals surface area contributed by atoms with Crippen LogP contribution < -0.4 is 5.32 Å². The minimum atomic E-state index is -0.674. The van der Waals surface area contributed by atoms with Gasteiger partial charge in [-0.05, 0) is 44.9 Å². The van der Waals surface area contributed by atoms with E-state index >= 15 is 0 Å². The monoisotopic (exact) mass is 387 g/mol. The number of hydrogen-bond donors (Lipinski definition) is 1. The summed E-state index contributed by atoms with van der Waals surface area (Å²) in [4.78, 5) is 24.3. The molecule has 0 saturated carbocycles. The van der Waals surface area contributed by atoms with Crippen LogP contribution in [0.1, 0.15) is 47.7 Å². The molecular formula is C18H21N5O3S. The Labute approximate surface area is 161 Å². The van der Waals surface area contributed by atoms with Crippen molar-refractivity contribution in [1.82, 2.24) is 14.2 Å². The first-order valence-electron chi connectivity index (χ1n) is 8.52. The topological polar surface area (TPSA) is 110 Å². The molecule has 0 aliphatic rings. The predicted molar refractivity (Wildman–Crippen MR) is 102 cm³/mol. The molecule has 1 N–H and O–H groups in total. The Morgan fingerprint density at radius 3 is 2.78 bits per heavy atom. The van der Waals surface area contributed by atoms with Gasteiger partial charge in [-0.15, -0.1) is 5.10 Å². The number of ether oxygens (including phenoxy) is 1. The molecule has 0 radical (unpaired) electrons. The van der Waals surface area contributed by atoms with Crippen LogP contribution >= 0.6 is 11.5 Å². The highest BCUT2D eigenvalue weighted by atomic mass is 32.1. The number of nitriles is 1. The summed E-state index contributed by atoms with van der Waals surface area (Å²) in [7, 11) is 0. The fourth-order valence-electron chi connectivity index (χ4n) is 2.62. The summed E-state index contributed by atoms with van der Waals surface area (Å²) < 4.78 is 10.7. The molecule has 2 heterocycles. The highest BCUT2D eigenvalue weighted by molar-refractivity contribution is 7.10. The van der Waals surface area contributed by atoms with E-state index in [1.54, 1.807) is 13.0 Å². The van der Waals surface area contributed by atoms with Crippen molar-refractivity contribution < 1.29 is 14.3 Å². The molecule has 142 valence electrons. The first-order valence-corrected chi connectivity index (χ1v) is 9.29. The van der Waals surface area contributed by atoms with E-state index in [9.17, 15) is 14.9 Å². The fraction of sp³-hybridized carbons (Fsp3) is 0.389. The zero-order valence-electron chi connectivity index (χ0n) is 15.7. The molecule has 0 spiro atoms. The van der Waals surface area contributed by atoms with Crippen molar-refractivity contribution >= 4 is 34.5 Å². The van der Waals surface area contributed by atoms with Crippen LogP contribution in [0.25, 0.3) is 6.08 Å². The van der Waals surface area contributed by atoms with Crippen molar-refractivity contribution in [3.63, 3.8) is 0 Å². The molecule has 0 aromatic carbocycles. The third kappa shape index (κ3) is 4.60. The summed E-state index contributed by atoms with van der Waals surface area (Å²) in [5, 5.41) is 15.8. The van der Waals surface area contributed by atoms with Gasteiger partial charge in [0.15, 0.2) is 5.00 Å². The summed E-state index contributed by atoms with van der Waals surface area (Å²) in [6.07, 6.45) is 2.53. The van der Waals surface area contributed by atoms with E-state index in [2.05, 4.69) is 26.4 Å². The quantitative estimate of drug-likeness (QED) is 0.444. The number of anilines is 1. The Morgan fingerprint density at radius 1 is 1.41 bits per heavy atom. The average molecular weight is 387 g/mol. The molecule has 0 aliphatic carbocycles. The Balaban J connectivity index is 2.27. The van der Waals surface area contributed by atoms with E-state index in [0.717, 1.165) is 41.4 Å². The van der Waals surface area contributed by atoms with Gasteiger partial charge < -0.3 is 14.6 Å². The molecule has 27 heavy (non-hydrogen) atoms. The molecular weight excluding hydrogens is 366 g/mol. The highest BCUT2D eigenvalue weighted by Gasteiger charge is 2.21. The second kappa shape index (κ2) is 9.09. The number of amides is 1. The van der Waals surface area contributed by atoms with Gasteiger partial charge in [0, 0.05) is 29.5 Å². The van der Waals surface area contributed by atoms with Crippen LogP contribution in [0, 0.1) is 25.2 Å². The molecule has 0 bridgehead atoms. The Morgan fingerprint density at radius 2 is 2.15 bits per heavy atom. The van der Waals surface area contributed by atoms with Gasteiger partial charge in [-0.25, -0.2) is 4.79 Å². The van der Waals surface area contributed by atoms with E-state index < -0.39 is 11.9 Å². The van der Waals surface area contributed by atoms with Gasteiger partial charge in [-0.3, -0.25) is 4.79 Å². The summed E-state index contributed by atoms with van der Waals surface area (Å²) in [5.41, 5.74) is 2.71. The van der Waals surface area contributed by atoms with Crippen LogP contribution in [0.15, 0.2) is 11.6 Å². The van der Waals surface area contributed by atoms with Crippen molar-refractivity contribution in [3.8, 4) is 6.07 Å². The Bertz CT molecular complexity index is 920. The first kappa shape index (κ1) is 20.3. The first-order chi connectivity index (χ1) is 12.9. The van der Waals surface area contributed by atoms with E-state index in [4.69, 9.17) is 4.74 Å². The molecule has 0 fully saturated rings. The van der Waals surface area contributed by atoms with Crippen LogP contribution in [0.3, 0.4) is 0 Å². The number of carbonyl (C=O) groups is 2. The number of rotatable bonds is 7. The lowest BCUT2D eigenvalue weighted by Crippen LogP contribution is -2.16. The standard InChI is InChI=1S/C18H21N5O3S/c1-5-7-23-11(3)8-13(12(23)4)9-14(10-19)16(24)20-17-15(21-22-27-17)18(25)26-6-2/h8-9H,5-7H2,1-4H3,(H,20,24)/b14-9+. The maximum Gasteiger partial charge on any atom is 0.362 e. The second-order valence-corrected chi connectivity index (χ2v) is 6.53. The van der Waals surface area contributed by atoms with Gasteiger partial charge in [-0.2, -0.15) is 5.26 Å². The summed E-state index contributed by atoms with van der Waals surface area (Å²) in [6, 6.07) is 3.85.